The number of halogens is 1. The highest BCUT2D eigenvalue weighted by Gasteiger charge is 2.19. The number of amides is 2. The summed E-state index contributed by atoms with van der Waals surface area (Å²) in [4.78, 5) is 24.2. The average Bonchev–Trinajstić information content (AvgIpc) is 2.94. The minimum atomic E-state index is -0.255. The molecule has 2 amide bonds. The average molecular weight is 421 g/mol. The van der Waals surface area contributed by atoms with Crippen LogP contribution in [0.3, 0.4) is 0 Å². The Kier molecular flexibility index (Phi) is 6.97. The molecular weight excluding hydrogens is 396 g/mol. The molecule has 0 saturated carbocycles. The predicted octanol–water partition coefficient (Wildman–Crippen LogP) is 4.21. The van der Waals surface area contributed by atoms with Crippen LogP contribution in [0.5, 0.6) is 0 Å². The van der Waals surface area contributed by atoms with Crippen LogP contribution in [0, 0.1) is 5.92 Å². The molecule has 0 saturated heterocycles. The van der Waals surface area contributed by atoms with E-state index < -0.39 is 0 Å². The van der Waals surface area contributed by atoms with Gasteiger partial charge in [-0.05, 0) is 45.5 Å². The van der Waals surface area contributed by atoms with Crippen molar-refractivity contribution in [1.82, 2.24) is 15.5 Å². The third-order valence-electron chi connectivity index (χ3n) is 3.78. The summed E-state index contributed by atoms with van der Waals surface area (Å²) in [6, 6.07) is 7.45. The van der Waals surface area contributed by atoms with Gasteiger partial charge in [-0.1, -0.05) is 39.8 Å². The molecule has 1 aromatic heterocycles. The maximum atomic E-state index is 12.4. The molecular formula is C19H25BrN4O2. The van der Waals surface area contributed by atoms with Gasteiger partial charge in [0.05, 0.1) is 10.2 Å². The van der Waals surface area contributed by atoms with Crippen molar-refractivity contribution in [1.29, 1.82) is 0 Å². The van der Waals surface area contributed by atoms with Gasteiger partial charge >= 0.3 is 0 Å². The first-order chi connectivity index (χ1) is 12.3. The van der Waals surface area contributed by atoms with Crippen LogP contribution in [-0.4, -0.2) is 22.0 Å². The summed E-state index contributed by atoms with van der Waals surface area (Å²) in [5, 5.41) is 12.7. The maximum Gasteiger partial charge on any atom is 0.273 e. The molecule has 1 aromatic carbocycles. The molecule has 2 rings (SSSR count). The quantitative estimate of drug-likeness (QED) is 0.626. The molecule has 0 aliphatic rings. The molecule has 7 heteroatoms. The predicted molar refractivity (Wildman–Crippen MR) is 106 cm³/mol. The molecule has 0 unspecified atom stereocenters. The van der Waals surface area contributed by atoms with Gasteiger partial charge in [0.15, 0.2) is 5.69 Å². The Hall–Kier alpha value is -2.15. The summed E-state index contributed by atoms with van der Waals surface area (Å²) < 4.78 is 0.694. The van der Waals surface area contributed by atoms with Crippen molar-refractivity contribution in [2.24, 2.45) is 5.92 Å². The molecule has 2 aromatic rings. The normalized spacial score (nSPS) is 11.0. The molecule has 0 fully saturated rings. The number of rotatable bonds is 7. The van der Waals surface area contributed by atoms with Crippen LogP contribution in [0.15, 0.2) is 28.7 Å². The van der Waals surface area contributed by atoms with Crippen LogP contribution in [0.4, 0.5) is 5.69 Å². The van der Waals surface area contributed by atoms with Gasteiger partial charge in [0.25, 0.3) is 5.91 Å². The van der Waals surface area contributed by atoms with Crippen LogP contribution in [0.1, 0.15) is 61.8 Å². The Balaban J connectivity index is 1.98. The SMILES string of the molecule is CC(C)CC(=O)Nc1cccc(CNC(=O)c2n[nH]c(C(C)C)c2Br)c1. The molecule has 6 nitrogen and oxygen atoms in total. The molecule has 140 valence electrons. The highest BCUT2D eigenvalue weighted by Crippen LogP contribution is 2.25. The topological polar surface area (TPSA) is 86.9 Å². The van der Waals surface area contributed by atoms with Gasteiger partial charge in [0, 0.05) is 18.7 Å². The van der Waals surface area contributed by atoms with Crippen LogP contribution < -0.4 is 10.6 Å². The van der Waals surface area contributed by atoms with E-state index in [1.54, 1.807) is 0 Å². The number of H-pyrrole nitrogens is 1. The number of nitrogens with zero attached hydrogens (tertiary/aromatic N) is 1. The van der Waals surface area contributed by atoms with Gasteiger partial charge in [-0.25, -0.2) is 0 Å². The van der Waals surface area contributed by atoms with Crippen LogP contribution in [0.2, 0.25) is 0 Å². The van der Waals surface area contributed by atoms with Crippen molar-refractivity contribution in [3.63, 3.8) is 0 Å². The summed E-state index contributed by atoms with van der Waals surface area (Å²) in [5.41, 5.74) is 2.86. The second kappa shape index (κ2) is 8.98. The highest BCUT2D eigenvalue weighted by atomic mass is 79.9. The van der Waals surface area contributed by atoms with Crippen LogP contribution in [0.25, 0.3) is 0 Å². The Labute approximate surface area is 162 Å². The van der Waals surface area contributed by atoms with E-state index >= 15 is 0 Å². The fraction of sp³-hybridized carbons (Fsp3) is 0.421. The van der Waals surface area contributed by atoms with E-state index in [0.29, 0.717) is 29.1 Å². The zero-order valence-electron chi connectivity index (χ0n) is 15.5. The summed E-state index contributed by atoms with van der Waals surface area (Å²) in [6.07, 6.45) is 0.479. The van der Waals surface area contributed by atoms with E-state index in [9.17, 15) is 9.59 Å². The number of nitrogens with one attached hydrogen (secondary N) is 3. The molecule has 26 heavy (non-hydrogen) atoms. The molecule has 0 radical (unpaired) electrons. The van der Waals surface area contributed by atoms with Crippen molar-refractivity contribution >= 4 is 33.4 Å². The van der Waals surface area contributed by atoms with Crippen molar-refractivity contribution in [3.8, 4) is 0 Å². The van der Waals surface area contributed by atoms with Gasteiger partial charge in [-0.3, -0.25) is 14.7 Å². The lowest BCUT2D eigenvalue weighted by Gasteiger charge is -2.09. The lowest BCUT2D eigenvalue weighted by molar-refractivity contribution is -0.116. The lowest BCUT2D eigenvalue weighted by atomic mass is 10.1. The lowest BCUT2D eigenvalue weighted by Crippen LogP contribution is -2.23. The second-order valence-corrected chi connectivity index (χ2v) is 7.78. The Morgan fingerprint density at radius 1 is 1.23 bits per heavy atom. The minimum Gasteiger partial charge on any atom is -0.347 e. The van der Waals surface area contributed by atoms with Crippen molar-refractivity contribution in [3.05, 3.63) is 45.7 Å². The van der Waals surface area contributed by atoms with E-state index in [4.69, 9.17) is 0 Å². The number of aromatic amines is 1. The highest BCUT2D eigenvalue weighted by molar-refractivity contribution is 9.10. The van der Waals surface area contributed by atoms with E-state index in [1.807, 2.05) is 52.0 Å². The van der Waals surface area contributed by atoms with Gasteiger partial charge in [0.2, 0.25) is 5.91 Å². The molecule has 1 heterocycles. The smallest absolute Gasteiger partial charge is 0.273 e. The number of carbonyl (C=O) groups excluding carboxylic acids is 2. The number of benzene rings is 1. The van der Waals surface area contributed by atoms with Crippen molar-refractivity contribution in [2.45, 2.75) is 46.6 Å². The molecule has 0 bridgehead atoms. The van der Waals surface area contributed by atoms with E-state index in [1.165, 1.54) is 0 Å². The Morgan fingerprint density at radius 2 is 1.96 bits per heavy atom. The molecule has 0 atom stereocenters. The fourth-order valence-corrected chi connectivity index (χ4v) is 3.30. The van der Waals surface area contributed by atoms with E-state index in [2.05, 4.69) is 36.8 Å². The first-order valence-electron chi connectivity index (χ1n) is 8.68. The first kappa shape index (κ1) is 20.2. The molecule has 0 aliphatic carbocycles. The number of hydrogen-bond donors (Lipinski definition) is 3. The second-order valence-electron chi connectivity index (χ2n) is 6.98. The Bertz CT molecular complexity index is 784. The first-order valence-corrected chi connectivity index (χ1v) is 9.48. The maximum absolute atomic E-state index is 12.4. The molecule has 3 N–H and O–H groups in total. The van der Waals surface area contributed by atoms with Gasteiger partial charge in [-0.15, -0.1) is 0 Å². The molecule has 0 spiro atoms. The van der Waals surface area contributed by atoms with Crippen LogP contribution in [-0.2, 0) is 11.3 Å². The number of hydrogen-bond acceptors (Lipinski definition) is 3. The third kappa shape index (κ3) is 5.42. The third-order valence-corrected chi connectivity index (χ3v) is 4.59. The van der Waals surface area contributed by atoms with Crippen molar-refractivity contribution < 1.29 is 9.59 Å². The fourth-order valence-electron chi connectivity index (χ4n) is 2.48. The summed E-state index contributed by atoms with van der Waals surface area (Å²) in [7, 11) is 0. The van der Waals surface area contributed by atoms with E-state index in [0.717, 1.165) is 16.9 Å². The summed E-state index contributed by atoms with van der Waals surface area (Å²) in [6.45, 7) is 8.41. The largest absolute Gasteiger partial charge is 0.347 e. The van der Waals surface area contributed by atoms with Crippen LogP contribution >= 0.6 is 15.9 Å². The van der Waals surface area contributed by atoms with Gasteiger partial charge < -0.3 is 10.6 Å². The number of carbonyl (C=O) groups is 2. The van der Waals surface area contributed by atoms with Gasteiger partial charge in [-0.2, -0.15) is 5.10 Å². The number of anilines is 1. The van der Waals surface area contributed by atoms with E-state index in [-0.39, 0.29) is 17.7 Å². The zero-order chi connectivity index (χ0) is 19.3. The summed E-state index contributed by atoms with van der Waals surface area (Å²) >= 11 is 3.43. The van der Waals surface area contributed by atoms with Gasteiger partial charge in [0.1, 0.15) is 0 Å². The molecule has 0 aliphatic heterocycles. The van der Waals surface area contributed by atoms with Crippen molar-refractivity contribution in [2.75, 3.05) is 5.32 Å². The Morgan fingerprint density at radius 3 is 2.58 bits per heavy atom. The zero-order valence-corrected chi connectivity index (χ0v) is 17.1. The minimum absolute atomic E-state index is 0.0112. The summed E-state index contributed by atoms with van der Waals surface area (Å²) in [5.74, 6) is 0.280. The monoisotopic (exact) mass is 420 g/mol. The standard InChI is InChI=1S/C19H25BrN4O2/c1-11(2)8-15(25)22-14-7-5-6-13(9-14)10-21-19(26)18-16(20)17(12(3)4)23-24-18/h5-7,9,11-12H,8,10H2,1-4H3,(H,21,26)(H,22,25)(H,23,24). The number of aromatic nitrogens is 2.